The summed E-state index contributed by atoms with van der Waals surface area (Å²) < 4.78 is 5.72. The van der Waals surface area contributed by atoms with Crippen molar-refractivity contribution in [2.24, 2.45) is 0 Å². The summed E-state index contributed by atoms with van der Waals surface area (Å²) in [5, 5.41) is 12.3. The molecule has 2 unspecified atom stereocenters. The first-order valence-corrected chi connectivity index (χ1v) is 6.55. The standard InChI is InChI=1S/C15H20N2O/c1-11-7-15(8-12(2)18-11)17-10-14-5-3-13(9-16)4-6-14/h3-6,11-12,15,17H,7-8,10H2,1-2H3. The van der Waals surface area contributed by atoms with Crippen molar-refractivity contribution < 1.29 is 4.74 Å². The van der Waals surface area contributed by atoms with Crippen LogP contribution in [0.2, 0.25) is 0 Å². The molecule has 0 saturated carbocycles. The molecule has 1 aliphatic rings. The lowest BCUT2D eigenvalue weighted by molar-refractivity contribution is -0.0422. The summed E-state index contributed by atoms with van der Waals surface area (Å²) in [5.74, 6) is 0. The number of nitriles is 1. The third kappa shape index (κ3) is 3.56. The predicted molar refractivity (Wildman–Crippen MR) is 71.0 cm³/mol. The van der Waals surface area contributed by atoms with E-state index in [0.29, 0.717) is 23.8 Å². The molecular formula is C15H20N2O. The normalized spacial score (nSPS) is 27.7. The molecule has 0 spiro atoms. The van der Waals surface area contributed by atoms with Crippen LogP contribution in [-0.4, -0.2) is 18.2 Å². The van der Waals surface area contributed by atoms with Gasteiger partial charge in [0.25, 0.3) is 0 Å². The molecule has 2 rings (SSSR count). The monoisotopic (exact) mass is 244 g/mol. The van der Waals surface area contributed by atoms with E-state index in [9.17, 15) is 0 Å². The molecule has 1 saturated heterocycles. The zero-order valence-electron chi connectivity index (χ0n) is 11.0. The van der Waals surface area contributed by atoms with E-state index in [1.54, 1.807) is 0 Å². The first kappa shape index (κ1) is 13.1. The molecule has 0 radical (unpaired) electrons. The molecule has 1 aromatic carbocycles. The molecule has 0 aromatic heterocycles. The number of benzene rings is 1. The molecule has 1 N–H and O–H groups in total. The number of ether oxygens (including phenoxy) is 1. The van der Waals surface area contributed by atoms with Gasteiger partial charge in [-0.05, 0) is 44.4 Å². The number of hydrogen-bond acceptors (Lipinski definition) is 3. The maximum absolute atomic E-state index is 8.74. The summed E-state index contributed by atoms with van der Waals surface area (Å²) in [4.78, 5) is 0. The lowest BCUT2D eigenvalue weighted by Gasteiger charge is -2.32. The third-order valence-corrected chi connectivity index (χ3v) is 3.38. The Bertz CT molecular complexity index is 411. The van der Waals surface area contributed by atoms with Crippen LogP contribution in [0.25, 0.3) is 0 Å². The van der Waals surface area contributed by atoms with Crippen LogP contribution in [0.15, 0.2) is 24.3 Å². The molecule has 3 heteroatoms. The van der Waals surface area contributed by atoms with Crippen molar-refractivity contribution in [1.29, 1.82) is 5.26 Å². The minimum Gasteiger partial charge on any atom is -0.375 e. The highest BCUT2D eigenvalue weighted by Gasteiger charge is 2.23. The van der Waals surface area contributed by atoms with Gasteiger partial charge < -0.3 is 10.1 Å². The van der Waals surface area contributed by atoms with Gasteiger partial charge in [-0.15, -0.1) is 0 Å². The molecule has 0 bridgehead atoms. The van der Waals surface area contributed by atoms with Crippen LogP contribution < -0.4 is 5.32 Å². The fourth-order valence-electron chi connectivity index (χ4n) is 2.53. The predicted octanol–water partition coefficient (Wildman–Crippen LogP) is 2.60. The Balaban J connectivity index is 1.85. The summed E-state index contributed by atoms with van der Waals surface area (Å²) in [6, 6.07) is 10.4. The fraction of sp³-hybridized carbons (Fsp3) is 0.533. The number of rotatable bonds is 3. The molecular weight excluding hydrogens is 224 g/mol. The highest BCUT2D eigenvalue weighted by molar-refractivity contribution is 5.31. The Morgan fingerprint density at radius 3 is 2.39 bits per heavy atom. The molecule has 1 heterocycles. The van der Waals surface area contributed by atoms with E-state index in [0.717, 1.165) is 19.4 Å². The van der Waals surface area contributed by atoms with Crippen LogP contribution in [-0.2, 0) is 11.3 Å². The Morgan fingerprint density at radius 2 is 1.83 bits per heavy atom. The maximum atomic E-state index is 8.74. The van der Waals surface area contributed by atoms with Crippen LogP contribution in [0.4, 0.5) is 0 Å². The van der Waals surface area contributed by atoms with E-state index in [1.165, 1.54) is 5.56 Å². The summed E-state index contributed by atoms with van der Waals surface area (Å²) in [5.41, 5.74) is 1.94. The van der Waals surface area contributed by atoms with Crippen molar-refractivity contribution in [3.63, 3.8) is 0 Å². The van der Waals surface area contributed by atoms with Gasteiger partial charge in [-0.1, -0.05) is 12.1 Å². The molecule has 96 valence electrons. The average molecular weight is 244 g/mol. The second-order valence-corrected chi connectivity index (χ2v) is 5.12. The molecule has 18 heavy (non-hydrogen) atoms. The highest BCUT2D eigenvalue weighted by Crippen LogP contribution is 2.19. The van der Waals surface area contributed by atoms with Gasteiger partial charge in [-0.2, -0.15) is 5.26 Å². The van der Waals surface area contributed by atoms with Crippen LogP contribution in [0, 0.1) is 11.3 Å². The van der Waals surface area contributed by atoms with E-state index >= 15 is 0 Å². The van der Waals surface area contributed by atoms with Gasteiger partial charge in [0, 0.05) is 12.6 Å². The summed E-state index contributed by atoms with van der Waals surface area (Å²) in [6.45, 7) is 5.12. The lowest BCUT2D eigenvalue weighted by atomic mass is 9.99. The zero-order chi connectivity index (χ0) is 13.0. The lowest BCUT2D eigenvalue weighted by Crippen LogP contribution is -2.40. The molecule has 1 aromatic rings. The van der Waals surface area contributed by atoms with Gasteiger partial charge in [0.05, 0.1) is 23.8 Å². The molecule has 1 fully saturated rings. The number of nitrogens with zero attached hydrogens (tertiary/aromatic N) is 1. The van der Waals surface area contributed by atoms with Crippen LogP contribution in [0.5, 0.6) is 0 Å². The second kappa shape index (κ2) is 5.99. The first-order valence-electron chi connectivity index (χ1n) is 6.55. The molecule has 2 atom stereocenters. The maximum Gasteiger partial charge on any atom is 0.0991 e. The largest absolute Gasteiger partial charge is 0.375 e. The zero-order valence-corrected chi connectivity index (χ0v) is 11.0. The van der Waals surface area contributed by atoms with Gasteiger partial charge in [0.15, 0.2) is 0 Å². The van der Waals surface area contributed by atoms with Crippen LogP contribution >= 0.6 is 0 Å². The summed E-state index contributed by atoms with van der Waals surface area (Å²) in [7, 11) is 0. The van der Waals surface area contributed by atoms with E-state index in [1.807, 2.05) is 24.3 Å². The van der Waals surface area contributed by atoms with Gasteiger partial charge in [0.2, 0.25) is 0 Å². The van der Waals surface area contributed by atoms with Crippen LogP contribution in [0.1, 0.15) is 37.8 Å². The van der Waals surface area contributed by atoms with E-state index < -0.39 is 0 Å². The smallest absolute Gasteiger partial charge is 0.0991 e. The molecule has 0 aliphatic carbocycles. The van der Waals surface area contributed by atoms with Crippen molar-refractivity contribution in [3.05, 3.63) is 35.4 Å². The second-order valence-electron chi connectivity index (χ2n) is 5.12. The van der Waals surface area contributed by atoms with Gasteiger partial charge in [-0.25, -0.2) is 0 Å². The van der Waals surface area contributed by atoms with Gasteiger partial charge >= 0.3 is 0 Å². The molecule has 3 nitrogen and oxygen atoms in total. The quantitative estimate of drug-likeness (QED) is 0.889. The summed E-state index contributed by atoms with van der Waals surface area (Å²) >= 11 is 0. The Labute approximate surface area is 109 Å². The SMILES string of the molecule is CC1CC(NCc2ccc(C#N)cc2)CC(C)O1. The van der Waals surface area contributed by atoms with Crippen LogP contribution in [0.3, 0.4) is 0 Å². The Morgan fingerprint density at radius 1 is 1.22 bits per heavy atom. The van der Waals surface area contributed by atoms with Crippen molar-refractivity contribution in [1.82, 2.24) is 5.32 Å². The Kier molecular flexibility index (Phi) is 4.35. The highest BCUT2D eigenvalue weighted by atomic mass is 16.5. The van der Waals surface area contributed by atoms with Crippen molar-refractivity contribution >= 4 is 0 Å². The third-order valence-electron chi connectivity index (χ3n) is 3.38. The molecule has 0 amide bonds. The van der Waals surface area contributed by atoms with Gasteiger partial charge in [-0.3, -0.25) is 0 Å². The van der Waals surface area contributed by atoms with Crippen molar-refractivity contribution in [2.75, 3.05) is 0 Å². The number of nitrogens with one attached hydrogen (secondary N) is 1. The van der Waals surface area contributed by atoms with E-state index in [-0.39, 0.29) is 0 Å². The van der Waals surface area contributed by atoms with Crippen molar-refractivity contribution in [3.8, 4) is 6.07 Å². The topological polar surface area (TPSA) is 45.0 Å². The minimum absolute atomic E-state index is 0.340. The molecule has 1 aliphatic heterocycles. The summed E-state index contributed by atoms with van der Waals surface area (Å²) in [6.07, 6.45) is 2.82. The van der Waals surface area contributed by atoms with E-state index in [2.05, 4.69) is 25.2 Å². The fourth-order valence-corrected chi connectivity index (χ4v) is 2.53. The minimum atomic E-state index is 0.340. The van der Waals surface area contributed by atoms with Crippen molar-refractivity contribution in [2.45, 2.75) is 51.5 Å². The number of hydrogen-bond donors (Lipinski definition) is 1. The van der Waals surface area contributed by atoms with E-state index in [4.69, 9.17) is 10.00 Å². The average Bonchev–Trinajstić information content (AvgIpc) is 2.36. The first-order chi connectivity index (χ1) is 8.67. The van der Waals surface area contributed by atoms with Gasteiger partial charge in [0.1, 0.15) is 0 Å². The Hall–Kier alpha value is -1.37.